The fourth-order valence-corrected chi connectivity index (χ4v) is 1.21. The second kappa shape index (κ2) is 3.37. The SMILES string of the molecule is CNC(=O)C1C=C(C)C=CC1. The predicted molar refractivity (Wildman–Crippen MR) is 45.1 cm³/mol. The first-order valence-corrected chi connectivity index (χ1v) is 3.80. The Balaban J connectivity index is 2.63. The number of amides is 1. The largest absolute Gasteiger partial charge is 0.359 e. The molecule has 0 saturated carbocycles. The highest BCUT2D eigenvalue weighted by Gasteiger charge is 2.14. The first-order chi connectivity index (χ1) is 5.24. The van der Waals surface area contributed by atoms with Crippen molar-refractivity contribution in [2.24, 2.45) is 5.92 Å². The predicted octanol–water partition coefficient (Wildman–Crippen LogP) is 1.25. The first-order valence-electron chi connectivity index (χ1n) is 3.80. The Morgan fingerprint density at radius 2 is 2.45 bits per heavy atom. The molecule has 0 aromatic heterocycles. The van der Waals surface area contributed by atoms with E-state index in [1.54, 1.807) is 7.05 Å². The molecule has 0 heterocycles. The Morgan fingerprint density at radius 1 is 1.73 bits per heavy atom. The summed E-state index contributed by atoms with van der Waals surface area (Å²) in [5.74, 6) is 0.152. The molecule has 1 N–H and O–H groups in total. The van der Waals surface area contributed by atoms with Gasteiger partial charge in [0.2, 0.25) is 5.91 Å². The highest BCUT2D eigenvalue weighted by molar-refractivity contribution is 5.80. The Kier molecular flexibility index (Phi) is 2.47. The molecule has 2 heteroatoms. The second-order valence-corrected chi connectivity index (χ2v) is 2.77. The van der Waals surface area contributed by atoms with E-state index in [0.717, 1.165) is 6.42 Å². The van der Waals surface area contributed by atoms with Crippen LogP contribution in [0.1, 0.15) is 13.3 Å². The van der Waals surface area contributed by atoms with Gasteiger partial charge < -0.3 is 5.32 Å². The number of allylic oxidation sites excluding steroid dienone is 3. The molecule has 11 heavy (non-hydrogen) atoms. The molecule has 1 aliphatic rings. The summed E-state index contributed by atoms with van der Waals surface area (Å²) in [5.41, 5.74) is 1.17. The molecule has 0 fully saturated rings. The number of nitrogens with one attached hydrogen (secondary N) is 1. The highest BCUT2D eigenvalue weighted by Crippen LogP contribution is 2.15. The summed E-state index contributed by atoms with van der Waals surface area (Å²) < 4.78 is 0. The maximum absolute atomic E-state index is 11.1. The molecular formula is C9H13NO. The third-order valence-corrected chi connectivity index (χ3v) is 1.82. The summed E-state index contributed by atoms with van der Waals surface area (Å²) in [7, 11) is 1.67. The molecular weight excluding hydrogens is 138 g/mol. The van der Waals surface area contributed by atoms with Gasteiger partial charge in [0, 0.05) is 7.05 Å². The zero-order chi connectivity index (χ0) is 8.27. The zero-order valence-electron chi connectivity index (χ0n) is 6.92. The topological polar surface area (TPSA) is 29.1 Å². The maximum atomic E-state index is 11.1. The minimum absolute atomic E-state index is 0.0463. The average molecular weight is 151 g/mol. The average Bonchev–Trinajstić information content (AvgIpc) is 2.03. The molecule has 0 aliphatic heterocycles. The molecule has 2 nitrogen and oxygen atoms in total. The summed E-state index contributed by atoms with van der Waals surface area (Å²) in [6.07, 6.45) is 6.91. The van der Waals surface area contributed by atoms with Gasteiger partial charge in [0.05, 0.1) is 5.92 Å². The molecule has 1 aliphatic carbocycles. The van der Waals surface area contributed by atoms with E-state index in [4.69, 9.17) is 0 Å². The van der Waals surface area contributed by atoms with Crippen LogP contribution in [0.3, 0.4) is 0 Å². The maximum Gasteiger partial charge on any atom is 0.226 e. The van der Waals surface area contributed by atoms with Crippen LogP contribution in [0.4, 0.5) is 0 Å². The van der Waals surface area contributed by atoms with Crippen LogP contribution < -0.4 is 5.32 Å². The van der Waals surface area contributed by atoms with Crippen molar-refractivity contribution in [3.05, 3.63) is 23.8 Å². The molecule has 1 unspecified atom stereocenters. The second-order valence-electron chi connectivity index (χ2n) is 2.77. The van der Waals surface area contributed by atoms with E-state index in [-0.39, 0.29) is 11.8 Å². The molecule has 0 aromatic rings. The van der Waals surface area contributed by atoms with Gasteiger partial charge in [-0.1, -0.05) is 23.8 Å². The molecule has 0 spiro atoms. The Morgan fingerprint density at radius 3 is 3.00 bits per heavy atom. The van der Waals surface area contributed by atoms with Crippen LogP contribution in [-0.4, -0.2) is 13.0 Å². The van der Waals surface area contributed by atoms with Gasteiger partial charge in [-0.3, -0.25) is 4.79 Å². The number of carbonyl (C=O) groups excluding carboxylic acids is 1. The van der Waals surface area contributed by atoms with Crippen LogP contribution in [0.25, 0.3) is 0 Å². The van der Waals surface area contributed by atoms with Crippen molar-refractivity contribution in [2.75, 3.05) is 7.05 Å². The Labute approximate surface area is 67.0 Å². The van der Waals surface area contributed by atoms with Gasteiger partial charge in [0.1, 0.15) is 0 Å². The molecule has 0 aromatic carbocycles. The van der Waals surface area contributed by atoms with Crippen molar-refractivity contribution in [2.45, 2.75) is 13.3 Å². The van der Waals surface area contributed by atoms with Gasteiger partial charge >= 0.3 is 0 Å². The molecule has 0 radical (unpaired) electrons. The van der Waals surface area contributed by atoms with Gasteiger partial charge in [-0.15, -0.1) is 0 Å². The smallest absolute Gasteiger partial charge is 0.226 e. The lowest BCUT2D eigenvalue weighted by molar-refractivity contribution is -0.123. The number of carbonyl (C=O) groups is 1. The van der Waals surface area contributed by atoms with Crippen molar-refractivity contribution in [1.29, 1.82) is 0 Å². The minimum atomic E-state index is 0.0463. The summed E-state index contributed by atoms with van der Waals surface area (Å²) in [6.45, 7) is 2.01. The number of rotatable bonds is 1. The third-order valence-electron chi connectivity index (χ3n) is 1.82. The molecule has 0 bridgehead atoms. The molecule has 0 saturated heterocycles. The molecule has 1 amide bonds. The van der Waals surface area contributed by atoms with Gasteiger partial charge in [-0.25, -0.2) is 0 Å². The molecule has 60 valence electrons. The van der Waals surface area contributed by atoms with E-state index in [9.17, 15) is 4.79 Å². The van der Waals surface area contributed by atoms with Crippen molar-refractivity contribution in [3.8, 4) is 0 Å². The quantitative estimate of drug-likeness (QED) is 0.600. The van der Waals surface area contributed by atoms with E-state index >= 15 is 0 Å². The standard InChI is InChI=1S/C9H13NO/c1-7-4-3-5-8(6-7)9(11)10-2/h3-4,6,8H,5H2,1-2H3,(H,10,11). The van der Waals surface area contributed by atoms with Crippen molar-refractivity contribution in [3.63, 3.8) is 0 Å². The van der Waals surface area contributed by atoms with Gasteiger partial charge in [0.25, 0.3) is 0 Å². The number of hydrogen-bond acceptors (Lipinski definition) is 1. The van der Waals surface area contributed by atoms with E-state index in [2.05, 4.69) is 5.32 Å². The van der Waals surface area contributed by atoms with Crippen molar-refractivity contribution >= 4 is 5.91 Å². The minimum Gasteiger partial charge on any atom is -0.359 e. The summed E-state index contributed by atoms with van der Waals surface area (Å²) in [6, 6.07) is 0. The van der Waals surface area contributed by atoms with Crippen molar-refractivity contribution in [1.82, 2.24) is 5.32 Å². The fraction of sp³-hybridized carbons (Fsp3) is 0.444. The van der Waals surface area contributed by atoms with Crippen LogP contribution in [0.5, 0.6) is 0 Å². The van der Waals surface area contributed by atoms with Crippen LogP contribution in [0.2, 0.25) is 0 Å². The normalized spacial score (nSPS) is 22.7. The van der Waals surface area contributed by atoms with Crippen LogP contribution in [-0.2, 0) is 4.79 Å². The van der Waals surface area contributed by atoms with E-state index in [1.807, 2.05) is 25.2 Å². The lowest BCUT2D eigenvalue weighted by atomic mass is 9.96. The molecule has 1 rings (SSSR count). The third kappa shape index (κ3) is 1.93. The van der Waals surface area contributed by atoms with E-state index in [0.29, 0.717) is 0 Å². The summed E-state index contributed by atoms with van der Waals surface area (Å²) in [5, 5.41) is 2.64. The Bertz CT molecular complexity index is 216. The zero-order valence-corrected chi connectivity index (χ0v) is 6.92. The molecule has 1 atom stereocenters. The van der Waals surface area contributed by atoms with Crippen LogP contribution >= 0.6 is 0 Å². The number of hydrogen-bond donors (Lipinski definition) is 1. The highest BCUT2D eigenvalue weighted by atomic mass is 16.1. The van der Waals surface area contributed by atoms with E-state index in [1.165, 1.54) is 5.57 Å². The van der Waals surface area contributed by atoms with Gasteiger partial charge in [-0.05, 0) is 13.3 Å². The van der Waals surface area contributed by atoms with E-state index < -0.39 is 0 Å². The van der Waals surface area contributed by atoms with Crippen LogP contribution in [0.15, 0.2) is 23.8 Å². The Hall–Kier alpha value is -1.05. The lowest BCUT2D eigenvalue weighted by Crippen LogP contribution is -2.26. The monoisotopic (exact) mass is 151 g/mol. The summed E-state index contributed by atoms with van der Waals surface area (Å²) in [4.78, 5) is 11.1. The van der Waals surface area contributed by atoms with Gasteiger partial charge in [0.15, 0.2) is 0 Å². The fourth-order valence-electron chi connectivity index (χ4n) is 1.21. The lowest BCUT2D eigenvalue weighted by Gasteiger charge is -2.12. The summed E-state index contributed by atoms with van der Waals surface area (Å²) >= 11 is 0. The first kappa shape index (κ1) is 8.05. The van der Waals surface area contributed by atoms with Gasteiger partial charge in [-0.2, -0.15) is 0 Å². The van der Waals surface area contributed by atoms with Crippen LogP contribution in [0, 0.1) is 5.92 Å². The van der Waals surface area contributed by atoms with Crippen molar-refractivity contribution < 1.29 is 4.79 Å².